The molecule has 1 rings (SSSR count). The molecule has 15 heavy (non-hydrogen) atoms. The number of aliphatic hydroxyl groups excluding tert-OH is 1. The van der Waals surface area contributed by atoms with Crippen molar-refractivity contribution in [2.45, 2.75) is 6.10 Å². The zero-order valence-corrected chi connectivity index (χ0v) is 9.52. The predicted octanol–water partition coefficient (Wildman–Crippen LogP) is 1.56. The van der Waals surface area contributed by atoms with E-state index in [0.29, 0.717) is 0 Å². The summed E-state index contributed by atoms with van der Waals surface area (Å²) in [6.07, 6.45) is -0.167. The van der Waals surface area contributed by atoms with Crippen LogP contribution in [0.2, 0.25) is 5.02 Å². The van der Waals surface area contributed by atoms with E-state index in [1.165, 1.54) is 12.1 Å². The molecule has 1 aromatic rings. The van der Waals surface area contributed by atoms with Crippen LogP contribution in [-0.4, -0.2) is 25.5 Å². The summed E-state index contributed by atoms with van der Waals surface area (Å²) in [5, 5.41) is 9.37. The number of aliphatic hydroxyl groups is 1. The molecule has 0 fully saturated rings. The van der Waals surface area contributed by atoms with Gasteiger partial charge in [-0.2, -0.15) is 0 Å². The van der Waals surface area contributed by atoms with Crippen molar-refractivity contribution < 1.29 is 17.9 Å². The van der Waals surface area contributed by atoms with Gasteiger partial charge in [0.05, 0.1) is 16.9 Å². The van der Waals surface area contributed by atoms with Gasteiger partial charge >= 0.3 is 0 Å². The Bertz CT molecular complexity index is 458. The zero-order chi connectivity index (χ0) is 11.6. The molecule has 0 amide bonds. The molecule has 0 aliphatic carbocycles. The summed E-state index contributed by atoms with van der Waals surface area (Å²) in [6, 6.07) is 3.60. The van der Waals surface area contributed by atoms with Crippen molar-refractivity contribution >= 4 is 21.4 Å². The van der Waals surface area contributed by atoms with Gasteiger partial charge in [0.2, 0.25) is 0 Å². The SMILES string of the molecule is CS(=O)(=O)CC(O)c1ccc(F)c(Cl)c1. The zero-order valence-electron chi connectivity index (χ0n) is 7.94. The second-order valence-electron chi connectivity index (χ2n) is 3.28. The fourth-order valence-corrected chi connectivity index (χ4v) is 2.06. The first kappa shape index (κ1) is 12.4. The molecule has 0 saturated carbocycles. The van der Waals surface area contributed by atoms with Gasteiger partial charge in [-0.05, 0) is 17.7 Å². The minimum atomic E-state index is -3.28. The maximum atomic E-state index is 12.8. The lowest BCUT2D eigenvalue weighted by atomic mass is 10.1. The van der Waals surface area contributed by atoms with Crippen LogP contribution < -0.4 is 0 Å². The van der Waals surface area contributed by atoms with Crippen LogP contribution in [0.4, 0.5) is 4.39 Å². The molecular weight excluding hydrogens is 243 g/mol. The Morgan fingerprint density at radius 2 is 2.13 bits per heavy atom. The van der Waals surface area contributed by atoms with Crippen molar-refractivity contribution in [3.05, 3.63) is 34.6 Å². The Morgan fingerprint density at radius 1 is 1.53 bits per heavy atom. The molecule has 0 bridgehead atoms. The standard InChI is InChI=1S/C9H10ClFO3S/c1-15(13,14)5-9(12)6-2-3-8(11)7(10)4-6/h2-4,9,12H,5H2,1H3. The van der Waals surface area contributed by atoms with Crippen LogP contribution in [-0.2, 0) is 9.84 Å². The molecular formula is C9H10ClFO3S. The van der Waals surface area contributed by atoms with E-state index < -0.39 is 27.5 Å². The van der Waals surface area contributed by atoms with Gasteiger partial charge in [-0.15, -0.1) is 0 Å². The molecule has 0 heterocycles. The van der Waals surface area contributed by atoms with E-state index in [9.17, 15) is 17.9 Å². The van der Waals surface area contributed by atoms with Gasteiger partial charge in [0, 0.05) is 6.26 Å². The van der Waals surface area contributed by atoms with E-state index >= 15 is 0 Å². The summed E-state index contributed by atoms with van der Waals surface area (Å²) >= 11 is 5.49. The van der Waals surface area contributed by atoms with Gasteiger partial charge in [0.1, 0.15) is 15.7 Å². The highest BCUT2D eigenvalue weighted by Crippen LogP contribution is 2.21. The van der Waals surface area contributed by atoms with E-state index in [1.807, 2.05) is 0 Å². The summed E-state index contributed by atoms with van der Waals surface area (Å²) in [5.41, 5.74) is 0.284. The lowest BCUT2D eigenvalue weighted by Crippen LogP contribution is -2.12. The van der Waals surface area contributed by atoms with Crippen LogP contribution in [0.25, 0.3) is 0 Å². The molecule has 1 atom stereocenters. The first-order valence-electron chi connectivity index (χ1n) is 4.10. The highest BCUT2D eigenvalue weighted by Gasteiger charge is 2.15. The number of sulfone groups is 1. The maximum Gasteiger partial charge on any atom is 0.150 e. The van der Waals surface area contributed by atoms with E-state index in [2.05, 4.69) is 0 Å². The smallest absolute Gasteiger partial charge is 0.150 e. The maximum absolute atomic E-state index is 12.8. The Kier molecular flexibility index (Phi) is 3.70. The van der Waals surface area contributed by atoms with Crippen LogP contribution in [0.15, 0.2) is 18.2 Å². The topological polar surface area (TPSA) is 54.4 Å². The van der Waals surface area contributed by atoms with Crippen molar-refractivity contribution in [1.82, 2.24) is 0 Å². The molecule has 0 radical (unpaired) electrons. The minimum absolute atomic E-state index is 0.139. The Labute approximate surface area is 92.4 Å². The van der Waals surface area contributed by atoms with Gasteiger partial charge in [0.25, 0.3) is 0 Å². The van der Waals surface area contributed by atoms with Gasteiger partial charge in [0.15, 0.2) is 0 Å². The van der Waals surface area contributed by atoms with E-state index in [-0.39, 0.29) is 10.6 Å². The van der Waals surface area contributed by atoms with Crippen LogP contribution in [0.3, 0.4) is 0 Å². The summed E-state index contributed by atoms with van der Waals surface area (Å²) in [6.45, 7) is 0. The predicted molar refractivity (Wildman–Crippen MR) is 56.1 cm³/mol. The highest BCUT2D eigenvalue weighted by molar-refractivity contribution is 7.90. The van der Waals surface area contributed by atoms with E-state index in [1.54, 1.807) is 0 Å². The van der Waals surface area contributed by atoms with E-state index in [4.69, 9.17) is 11.6 Å². The van der Waals surface area contributed by atoms with Crippen molar-refractivity contribution in [1.29, 1.82) is 0 Å². The summed E-state index contributed by atoms with van der Waals surface area (Å²) in [4.78, 5) is 0. The third kappa shape index (κ3) is 3.77. The first-order valence-corrected chi connectivity index (χ1v) is 6.54. The second kappa shape index (κ2) is 4.47. The van der Waals surface area contributed by atoms with Crippen LogP contribution in [0.5, 0.6) is 0 Å². The molecule has 1 aromatic carbocycles. The lowest BCUT2D eigenvalue weighted by Gasteiger charge is -2.09. The molecule has 0 aliphatic heterocycles. The monoisotopic (exact) mass is 252 g/mol. The Hall–Kier alpha value is -0.650. The van der Waals surface area contributed by atoms with Gasteiger partial charge < -0.3 is 5.11 Å². The minimum Gasteiger partial charge on any atom is -0.387 e. The fraction of sp³-hybridized carbons (Fsp3) is 0.333. The molecule has 0 aromatic heterocycles. The third-order valence-electron chi connectivity index (χ3n) is 1.79. The highest BCUT2D eigenvalue weighted by atomic mass is 35.5. The number of rotatable bonds is 3. The van der Waals surface area contributed by atoms with Crippen LogP contribution in [0, 0.1) is 5.82 Å². The van der Waals surface area contributed by atoms with Crippen molar-refractivity contribution in [2.75, 3.05) is 12.0 Å². The summed E-state index contributed by atoms with van der Waals surface area (Å²) in [5.74, 6) is -1.01. The van der Waals surface area contributed by atoms with Crippen molar-refractivity contribution in [2.24, 2.45) is 0 Å². The number of halogens is 2. The molecule has 0 saturated heterocycles. The molecule has 1 N–H and O–H groups in total. The van der Waals surface area contributed by atoms with Crippen LogP contribution >= 0.6 is 11.6 Å². The largest absolute Gasteiger partial charge is 0.387 e. The molecule has 3 nitrogen and oxygen atoms in total. The fourth-order valence-electron chi connectivity index (χ4n) is 1.10. The van der Waals surface area contributed by atoms with Gasteiger partial charge in [-0.3, -0.25) is 0 Å². The van der Waals surface area contributed by atoms with Crippen molar-refractivity contribution in [3.8, 4) is 0 Å². The second-order valence-corrected chi connectivity index (χ2v) is 5.87. The number of benzene rings is 1. The van der Waals surface area contributed by atoms with Crippen LogP contribution in [0.1, 0.15) is 11.7 Å². The quantitative estimate of drug-likeness (QED) is 0.888. The molecule has 1 unspecified atom stereocenters. The van der Waals surface area contributed by atoms with Gasteiger partial charge in [-0.1, -0.05) is 17.7 Å². The third-order valence-corrected chi connectivity index (χ3v) is 3.00. The average Bonchev–Trinajstić information content (AvgIpc) is 2.06. The molecule has 6 heteroatoms. The summed E-state index contributed by atoms with van der Waals surface area (Å²) in [7, 11) is -3.28. The lowest BCUT2D eigenvalue weighted by molar-refractivity contribution is 0.202. The van der Waals surface area contributed by atoms with Crippen molar-refractivity contribution in [3.63, 3.8) is 0 Å². The van der Waals surface area contributed by atoms with Gasteiger partial charge in [-0.25, -0.2) is 12.8 Å². The molecule has 0 aliphatic rings. The Morgan fingerprint density at radius 3 is 2.60 bits per heavy atom. The number of hydrogen-bond acceptors (Lipinski definition) is 3. The summed E-state index contributed by atoms with van der Waals surface area (Å²) < 4.78 is 34.6. The normalized spacial score (nSPS) is 13.9. The Balaban J connectivity index is 2.92. The average molecular weight is 253 g/mol. The molecule has 84 valence electrons. The first-order chi connectivity index (χ1) is 6.79. The molecule has 0 spiro atoms. The number of hydrogen-bond donors (Lipinski definition) is 1. The van der Waals surface area contributed by atoms with E-state index in [0.717, 1.165) is 12.3 Å².